The van der Waals surface area contributed by atoms with Crippen molar-refractivity contribution in [1.82, 2.24) is 5.32 Å². The highest BCUT2D eigenvalue weighted by molar-refractivity contribution is 7.90. The van der Waals surface area contributed by atoms with Crippen molar-refractivity contribution in [1.29, 1.82) is 0 Å². The van der Waals surface area contributed by atoms with Crippen LogP contribution in [0, 0.1) is 5.92 Å². The molecule has 1 aromatic carbocycles. The number of benzene rings is 1. The number of rotatable bonds is 5. The second kappa shape index (κ2) is 6.79. The zero-order valence-corrected chi connectivity index (χ0v) is 13.9. The Kier molecular flexibility index (Phi) is 5.24. The van der Waals surface area contributed by atoms with Crippen LogP contribution in [0.5, 0.6) is 0 Å². The number of carbonyl (C=O) groups is 1. The van der Waals surface area contributed by atoms with E-state index in [1.807, 2.05) is 19.1 Å². The number of amides is 1. The highest BCUT2D eigenvalue weighted by Gasteiger charge is 2.30. The molecule has 1 fully saturated rings. The highest BCUT2D eigenvalue weighted by Crippen LogP contribution is 2.27. The Hall–Kier alpha value is -1.40. The number of nitrogens with two attached hydrogens (primary N) is 1. The van der Waals surface area contributed by atoms with E-state index < -0.39 is 9.84 Å². The summed E-state index contributed by atoms with van der Waals surface area (Å²) in [7, 11) is -3.17. The topological polar surface area (TPSA) is 89.3 Å². The second-order valence-electron chi connectivity index (χ2n) is 6.13. The molecular weight excluding hydrogens is 300 g/mol. The monoisotopic (exact) mass is 324 g/mol. The van der Waals surface area contributed by atoms with Crippen LogP contribution in [-0.2, 0) is 14.6 Å². The van der Waals surface area contributed by atoms with Crippen molar-refractivity contribution in [3.8, 4) is 0 Å². The van der Waals surface area contributed by atoms with E-state index in [1.165, 1.54) is 6.26 Å². The van der Waals surface area contributed by atoms with Crippen molar-refractivity contribution >= 4 is 15.7 Å². The van der Waals surface area contributed by atoms with Gasteiger partial charge in [0.15, 0.2) is 9.84 Å². The fourth-order valence-electron chi connectivity index (χ4n) is 3.09. The minimum absolute atomic E-state index is 0.0403. The molecule has 1 amide bonds. The standard InChI is InChI=1S/C16H24N2O3S/c1-11(12-7-9-13(10-8-12)22(2,20)21)18-15-6-4-3-5-14(15)16(17)19/h7-11,14-15,18H,3-6H2,1-2H3,(H2,17,19). The van der Waals surface area contributed by atoms with Gasteiger partial charge in [-0.25, -0.2) is 8.42 Å². The van der Waals surface area contributed by atoms with Crippen LogP contribution >= 0.6 is 0 Å². The van der Waals surface area contributed by atoms with Gasteiger partial charge in [-0.3, -0.25) is 4.79 Å². The summed E-state index contributed by atoms with van der Waals surface area (Å²) in [6.45, 7) is 2.02. The van der Waals surface area contributed by atoms with Gasteiger partial charge >= 0.3 is 0 Å². The van der Waals surface area contributed by atoms with E-state index in [-0.39, 0.29) is 23.9 Å². The molecule has 0 bridgehead atoms. The summed E-state index contributed by atoms with van der Waals surface area (Å²) in [4.78, 5) is 11.9. The third kappa shape index (κ3) is 4.08. The lowest BCUT2D eigenvalue weighted by Gasteiger charge is -2.32. The zero-order valence-electron chi connectivity index (χ0n) is 13.1. The lowest BCUT2D eigenvalue weighted by Crippen LogP contribution is -2.45. The molecule has 0 aliphatic heterocycles. The van der Waals surface area contributed by atoms with Crippen molar-refractivity contribution in [3.63, 3.8) is 0 Å². The Morgan fingerprint density at radius 2 is 1.82 bits per heavy atom. The Balaban J connectivity index is 2.08. The second-order valence-corrected chi connectivity index (χ2v) is 8.15. The fourth-order valence-corrected chi connectivity index (χ4v) is 3.72. The molecule has 22 heavy (non-hydrogen) atoms. The summed E-state index contributed by atoms with van der Waals surface area (Å²) in [6, 6.07) is 7.01. The molecule has 0 saturated heterocycles. The molecule has 5 nitrogen and oxygen atoms in total. The molecule has 0 aromatic heterocycles. The van der Waals surface area contributed by atoms with Gasteiger partial charge in [0.25, 0.3) is 0 Å². The van der Waals surface area contributed by atoms with Crippen LogP contribution in [-0.4, -0.2) is 26.6 Å². The quantitative estimate of drug-likeness (QED) is 0.864. The maximum absolute atomic E-state index is 11.6. The predicted molar refractivity (Wildman–Crippen MR) is 86.0 cm³/mol. The van der Waals surface area contributed by atoms with Crippen molar-refractivity contribution < 1.29 is 13.2 Å². The van der Waals surface area contributed by atoms with Crippen LogP contribution in [0.3, 0.4) is 0 Å². The lowest BCUT2D eigenvalue weighted by atomic mass is 9.83. The normalized spacial score (nSPS) is 23.9. The van der Waals surface area contributed by atoms with Crippen LogP contribution in [0.15, 0.2) is 29.2 Å². The molecule has 1 aliphatic carbocycles. The van der Waals surface area contributed by atoms with E-state index in [0.29, 0.717) is 4.90 Å². The summed E-state index contributed by atoms with van der Waals surface area (Å²) < 4.78 is 23.0. The number of nitrogens with one attached hydrogen (secondary N) is 1. The average molecular weight is 324 g/mol. The van der Waals surface area contributed by atoms with Crippen LogP contribution < -0.4 is 11.1 Å². The fraction of sp³-hybridized carbons (Fsp3) is 0.562. The van der Waals surface area contributed by atoms with Gasteiger partial charge in [0.05, 0.1) is 10.8 Å². The molecule has 2 rings (SSSR count). The zero-order chi connectivity index (χ0) is 16.3. The van der Waals surface area contributed by atoms with Crippen molar-refractivity contribution in [2.45, 2.75) is 49.6 Å². The highest BCUT2D eigenvalue weighted by atomic mass is 32.2. The van der Waals surface area contributed by atoms with Crippen molar-refractivity contribution in [2.24, 2.45) is 11.7 Å². The van der Waals surface area contributed by atoms with Gasteiger partial charge in [0, 0.05) is 18.3 Å². The molecule has 3 N–H and O–H groups in total. The lowest BCUT2D eigenvalue weighted by molar-refractivity contribution is -0.123. The summed E-state index contributed by atoms with van der Waals surface area (Å²) in [5, 5.41) is 3.47. The first-order valence-corrected chi connectivity index (χ1v) is 9.53. The number of hydrogen-bond acceptors (Lipinski definition) is 4. The summed E-state index contributed by atoms with van der Waals surface area (Å²) in [5.74, 6) is -0.358. The number of primary amides is 1. The molecule has 0 spiro atoms. The minimum Gasteiger partial charge on any atom is -0.369 e. The molecule has 0 heterocycles. The largest absolute Gasteiger partial charge is 0.369 e. The molecule has 1 aliphatic rings. The molecule has 3 unspecified atom stereocenters. The molecular formula is C16H24N2O3S. The number of sulfone groups is 1. The smallest absolute Gasteiger partial charge is 0.222 e. The first-order valence-electron chi connectivity index (χ1n) is 7.64. The van der Waals surface area contributed by atoms with E-state index in [9.17, 15) is 13.2 Å². The molecule has 0 radical (unpaired) electrons. The predicted octanol–water partition coefficient (Wildman–Crippen LogP) is 1.78. The van der Waals surface area contributed by atoms with Crippen LogP contribution in [0.4, 0.5) is 0 Å². The Morgan fingerprint density at radius 1 is 1.23 bits per heavy atom. The Morgan fingerprint density at radius 3 is 2.36 bits per heavy atom. The van der Waals surface area contributed by atoms with E-state index in [0.717, 1.165) is 31.2 Å². The van der Waals surface area contributed by atoms with Gasteiger partial charge in [0.2, 0.25) is 5.91 Å². The summed E-state index contributed by atoms with van der Waals surface area (Å²) in [6.07, 6.45) is 5.12. The van der Waals surface area contributed by atoms with E-state index in [4.69, 9.17) is 5.73 Å². The van der Waals surface area contributed by atoms with Gasteiger partial charge in [-0.15, -0.1) is 0 Å². The minimum atomic E-state index is -3.17. The van der Waals surface area contributed by atoms with Gasteiger partial charge in [-0.2, -0.15) is 0 Å². The van der Waals surface area contributed by atoms with Crippen LogP contribution in [0.2, 0.25) is 0 Å². The molecule has 6 heteroatoms. The first kappa shape index (κ1) is 17.0. The van der Waals surface area contributed by atoms with E-state index >= 15 is 0 Å². The third-order valence-electron chi connectivity index (χ3n) is 4.40. The van der Waals surface area contributed by atoms with E-state index in [2.05, 4.69) is 5.32 Å². The number of carbonyl (C=O) groups excluding carboxylic acids is 1. The number of hydrogen-bond donors (Lipinski definition) is 2. The summed E-state index contributed by atoms with van der Waals surface area (Å²) >= 11 is 0. The molecule has 1 saturated carbocycles. The van der Waals surface area contributed by atoms with Crippen molar-refractivity contribution in [2.75, 3.05) is 6.26 Å². The third-order valence-corrected chi connectivity index (χ3v) is 5.53. The maximum atomic E-state index is 11.6. The van der Waals surface area contributed by atoms with Gasteiger partial charge in [0.1, 0.15) is 0 Å². The van der Waals surface area contributed by atoms with E-state index in [1.54, 1.807) is 12.1 Å². The molecule has 1 aromatic rings. The van der Waals surface area contributed by atoms with Crippen LogP contribution in [0.25, 0.3) is 0 Å². The average Bonchev–Trinajstić information content (AvgIpc) is 2.46. The van der Waals surface area contributed by atoms with Gasteiger partial charge < -0.3 is 11.1 Å². The Labute approximate surface area is 132 Å². The van der Waals surface area contributed by atoms with Gasteiger partial charge in [-0.1, -0.05) is 25.0 Å². The maximum Gasteiger partial charge on any atom is 0.222 e. The molecule has 122 valence electrons. The molecule has 3 atom stereocenters. The van der Waals surface area contributed by atoms with Gasteiger partial charge in [-0.05, 0) is 37.5 Å². The first-order chi connectivity index (χ1) is 10.3. The SMILES string of the molecule is CC(NC1CCCCC1C(N)=O)c1ccc(S(C)(=O)=O)cc1. The summed E-state index contributed by atoms with van der Waals surface area (Å²) in [5.41, 5.74) is 6.50. The van der Waals surface area contributed by atoms with Crippen LogP contribution in [0.1, 0.15) is 44.2 Å². The van der Waals surface area contributed by atoms with Crippen molar-refractivity contribution in [3.05, 3.63) is 29.8 Å². The Bertz CT molecular complexity index is 625.